The van der Waals surface area contributed by atoms with Crippen molar-refractivity contribution in [2.75, 3.05) is 5.32 Å². The third-order valence-corrected chi connectivity index (χ3v) is 4.75. The van der Waals surface area contributed by atoms with E-state index in [2.05, 4.69) is 36.2 Å². The van der Waals surface area contributed by atoms with E-state index in [9.17, 15) is 0 Å². The maximum absolute atomic E-state index is 5.87. The molecule has 0 fully saturated rings. The van der Waals surface area contributed by atoms with Crippen molar-refractivity contribution in [2.24, 2.45) is 0 Å². The highest BCUT2D eigenvalue weighted by Crippen LogP contribution is 2.24. The Bertz CT molecular complexity index is 748. The molecule has 0 aliphatic carbocycles. The Labute approximate surface area is 139 Å². The Kier molecular flexibility index (Phi) is 4.48. The van der Waals surface area contributed by atoms with E-state index in [1.807, 2.05) is 29.6 Å². The molecule has 3 heterocycles. The first-order chi connectivity index (χ1) is 10.2. The molecule has 1 N–H and O–H groups in total. The van der Waals surface area contributed by atoms with Crippen LogP contribution in [0.15, 0.2) is 46.5 Å². The minimum Gasteiger partial charge on any atom is -0.378 e. The lowest BCUT2D eigenvalue weighted by molar-refractivity contribution is 1.07. The number of hydrogen-bond acceptors (Lipinski definition) is 5. The van der Waals surface area contributed by atoms with Crippen LogP contribution >= 0.6 is 38.9 Å². The predicted molar refractivity (Wildman–Crippen MR) is 89.6 cm³/mol. The summed E-state index contributed by atoms with van der Waals surface area (Å²) in [7, 11) is 0. The second kappa shape index (κ2) is 6.51. The van der Waals surface area contributed by atoms with Gasteiger partial charge < -0.3 is 5.32 Å². The van der Waals surface area contributed by atoms with Gasteiger partial charge in [-0.1, -0.05) is 17.7 Å². The Morgan fingerprint density at radius 3 is 2.95 bits per heavy atom. The van der Waals surface area contributed by atoms with Gasteiger partial charge in [0.1, 0.15) is 10.2 Å². The van der Waals surface area contributed by atoms with E-state index in [0.717, 1.165) is 26.6 Å². The SMILES string of the molecule is Clc1ncc(NCc2csc(-c3ccccn3)n2)cc1Br. The summed E-state index contributed by atoms with van der Waals surface area (Å²) in [6, 6.07) is 7.70. The average Bonchev–Trinajstić information content (AvgIpc) is 2.98. The Morgan fingerprint density at radius 2 is 2.19 bits per heavy atom. The molecule has 0 saturated heterocycles. The third kappa shape index (κ3) is 3.58. The van der Waals surface area contributed by atoms with Gasteiger partial charge in [-0.25, -0.2) is 9.97 Å². The summed E-state index contributed by atoms with van der Waals surface area (Å²) in [6.45, 7) is 0.624. The van der Waals surface area contributed by atoms with E-state index in [1.54, 1.807) is 23.7 Å². The molecule has 0 aromatic carbocycles. The van der Waals surface area contributed by atoms with E-state index in [-0.39, 0.29) is 0 Å². The normalized spacial score (nSPS) is 10.6. The zero-order valence-electron chi connectivity index (χ0n) is 10.8. The maximum Gasteiger partial charge on any atom is 0.143 e. The molecular weight excluding hydrogens is 372 g/mol. The van der Waals surface area contributed by atoms with Crippen molar-refractivity contribution in [3.05, 3.63) is 57.4 Å². The molecular formula is C14H10BrClN4S. The van der Waals surface area contributed by atoms with Crippen LogP contribution in [0.1, 0.15) is 5.69 Å². The van der Waals surface area contributed by atoms with Crippen molar-refractivity contribution in [1.29, 1.82) is 0 Å². The van der Waals surface area contributed by atoms with Crippen molar-refractivity contribution in [3.8, 4) is 10.7 Å². The van der Waals surface area contributed by atoms with Gasteiger partial charge in [0.15, 0.2) is 0 Å². The van der Waals surface area contributed by atoms with Gasteiger partial charge in [-0.2, -0.15) is 0 Å². The van der Waals surface area contributed by atoms with E-state index >= 15 is 0 Å². The number of halogens is 2. The lowest BCUT2D eigenvalue weighted by Crippen LogP contribution is -2.00. The van der Waals surface area contributed by atoms with Gasteiger partial charge in [0, 0.05) is 11.6 Å². The molecule has 0 aliphatic heterocycles. The quantitative estimate of drug-likeness (QED) is 0.670. The minimum atomic E-state index is 0.451. The molecule has 4 nitrogen and oxygen atoms in total. The first kappa shape index (κ1) is 14.4. The Morgan fingerprint density at radius 1 is 1.29 bits per heavy atom. The monoisotopic (exact) mass is 380 g/mol. The maximum atomic E-state index is 5.87. The van der Waals surface area contributed by atoms with E-state index in [0.29, 0.717) is 11.7 Å². The van der Waals surface area contributed by atoms with Crippen LogP contribution in [-0.4, -0.2) is 15.0 Å². The second-order valence-electron chi connectivity index (χ2n) is 4.21. The molecule has 0 aliphatic rings. The molecule has 0 amide bonds. The molecule has 0 saturated carbocycles. The number of nitrogens with one attached hydrogen (secondary N) is 1. The molecule has 106 valence electrons. The summed E-state index contributed by atoms with van der Waals surface area (Å²) < 4.78 is 0.765. The van der Waals surface area contributed by atoms with Crippen molar-refractivity contribution in [2.45, 2.75) is 6.54 Å². The van der Waals surface area contributed by atoms with Crippen molar-refractivity contribution >= 4 is 44.6 Å². The van der Waals surface area contributed by atoms with Crippen LogP contribution in [-0.2, 0) is 6.54 Å². The highest BCUT2D eigenvalue weighted by molar-refractivity contribution is 9.10. The molecule has 3 aromatic rings. The number of hydrogen-bond donors (Lipinski definition) is 1. The fourth-order valence-electron chi connectivity index (χ4n) is 1.71. The number of nitrogens with zero attached hydrogens (tertiary/aromatic N) is 3. The van der Waals surface area contributed by atoms with E-state index in [4.69, 9.17) is 11.6 Å². The van der Waals surface area contributed by atoms with Gasteiger partial charge in [-0.3, -0.25) is 4.98 Å². The number of anilines is 1. The molecule has 3 rings (SSSR count). The lowest BCUT2D eigenvalue weighted by atomic mass is 10.3. The van der Waals surface area contributed by atoms with Crippen LogP contribution in [0.3, 0.4) is 0 Å². The molecule has 21 heavy (non-hydrogen) atoms. The molecule has 0 atom stereocenters. The van der Waals surface area contributed by atoms with Gasteiger partial charge in [0.05, 0.1) is 34.3 Å². The molecule has 7 heteroatoms. The van der Waals surface area contributed by atoms with Crippen LogP contribution < -0.4 is 5.32 Å². The predicted octanol–water partition coefficient (Wildman–Crippen LogP) is 4.63. The van der Waals surface area contributed by atoms with Gasteiger partial charge in [0.2, 0.25) is 0 Å². The molecule has 0 unspecified atom stereocenters. The fraction of sp³-hybridized carbons (Fsp3) is 0.0714. The summed E-state index contributed by atoms with van der Waals surface area (Å²) >= 11 is 10.8. The molecule has 3 aromatic heterocycles. The summed E-state index contributed by atoms with van der Waals surface area (Å²) in [6.07, 6.45) is 3.46. The van der Waals surface area contributed by atoms with Gasteiger partial charge in [0.25, 0.3) is 0 Å². The van der Waals surface area contributed by atoms with Crippen LogP contribution in [0.4, 0.5) is 5.69 Å². The zero-order chi connectivity index (χ0) is 14.7. The third-order valence-electron chi connectivity index (χ3n) is 2.71. The van der Waals surface area contributed by atoms with Crippen LogP contribution in [0.2, 0.25) is 5.15 Å². The summed E-state index contributed by atoms with van der Waals surface area (Å²) in [5.41, 5.74) is 2.75. The smallest absolute Gasteiger partial charge is 0.143 e. The number of rotatable bonds is 4. The fourth-order valence-corrected chi connectivity index (χ4v) is 2.95. The van der Waals surface area contributed by atoms with E-state index in [1.165, 1.54) is 0 Å². The van der Waals surface area contributed by atoms with Gasteiger partial charge in [-0.05, 0) is 34.1 Å². The highest BCUT2D eigenvalue weighted by atomic mass is 79.9. The summed E-state index contributed by atoms with van der Waals surface area (Å²) in [5, 5.41) is 6.66. The Balaban J connectivity index is 1.69. The van der Waals surface area contributed by atoms with Crippen molar-refractivity contribution in [3.63, 3.8) is 0 Å². The number of aromatic nitrogens is 3. The topological polar surface area (TPSA) is 50.7 Å². The number of thiazole rings is 1. The standard InChI is InChI=1S/C14H10BrClN4S/c15-11-5-9(6-19-13(11)16)18-7-10-8-21-14(20-10)12-3-1-2-4-17-12/h1-6,8,18H,7H2. The summed E-state index contributed by atoms with van der Waals surface area (Å²) in [5.74, 6) is 0. The van der Waals surface area contributed by atoms with Crippen LogP contribution in [0, 0.1) is 0 Å². The number of pyridine rings is 2. The summed E-state index contributed by atoms with van der Waals surface area (Å²) in [4.78, 5) is 12.9. The molecule has 0 bridgehead atoms. The first-order valence-corrected chi connectivity index (χ1v) is 8.18. The lowest BCUT2D eigenvalue weighted by Gasteiger charge is -2.05. The molecule has 0 spiro atoms. The minimum absolute atomic E-state index is 0.451. The van der Waals surface area contributed by atoms with E-state index < -0.39 is 0 Å². The first-order valence-electron chi connectivity index (χ1n) is 6.13. The van der Waals surface area contributed by atoms with Gasteiger partial charge >= 0.3 is 0 Å². The van der Waals surface area contributed by atoms with Gasteiger partial charge in [-0.15, -0.1) is 11.3 Å². The molecule has 0 radical (unpaired) electrons. The van der Waals surface area contributed by atoms with Crippen molar-refractivity contribution in [1.82, 2.24) is 15.0 Å². The zero-order valence-corrected chi connectivity index (χ0v) is 13.9. The van der Waals surface area contributed by atoms with Crippen LogP contribution in [0.5, 0.6) is 0 Å². The Hall–Kier alpha value is -1.50. The van der Waals surface area contributed by atoms with Crippen molar-refractivity contribution < 1.29 is 0 Å². The van der Waals surface area contributed by atoms with Crippen LogP contribution in [0.25, 0.3) is 10.7 Å². The largest absolute Gasteiger partial charge is 0.378 e. The average molecular weight is 382 g/mol. The second-order valence-corrected chi connectivity index (χ2v) is 6.28. The highest BCUT2D eigenvalue weighted by Gasteiger charge is 2.06.